The fraction of sp³-hybridized carbons (Fsp3) is 0.400. The average molecular weight is 225 g/mol. The molecule has 1 aliphatic carbocycles. The van der Waals surface area contributed by atoms with Crippen molar-refractivity contribution in [2.45, 2.75) is 19.8 Å². The number of likely N-dealkylation sites (N-methyl/N-ethyl adjacent to an activating group) is 1. The summed E-state index contributed by atoms with van der Waals surface area (Å²) in [7, 11) is -2.36. The number of carbonyl (C=O) groups excluding carboxylic acids is 1. The second-order valence-corrected chi connectivity index (χ2v) is 5.57. The zero-order valence-corrected chi connectivity index (χ0v) is 9.39. The van der Waals surface area contributed by atoms with Crippen LogP contribution < -0.4 is 0 Å². The first-order chi connectivity index (χ1) is 6.94. The number of hydrogen-bond donors (Lipinski definition) is 0. The Morgan fingerprint density at radius 2 is 2.13 bits per heavy atom. The molecule has 1 aliphatic heterocycles. The van der Waals surface area contributed by atoms with Gasteiger partial charge in [0.15, 0.2) is 0 Å². The molecule has 0 aromatic carbocycles. The van der Waals surface area contributed by atoms with E-state index in [1.54, 1.807) is 6.08 Å². The van der Waals surface area contributed by atoms with E-state index < -0.39 is 15.9 Å². The van der Waals surface area contributed by atoms with Crippen LogP contribution in [0.5, 0.6) is 0 Å². The normalized spacial score (nSPS) is 24.0. The van der Waals surface area contributed by atoms with E-state index in [2.05, 4.69) is 5.73 Å². The molecule has 1 amide bonds. The second-order valence-electron chi connectivity index (χ2n) is 3.67. The SMILES string of the molecule is CC1=C=C2C(=CCC1)C(=O)N(C)S2(=O)=O. The molecule has 15 heavy (non-hydrogen) atoms. The van der Waals surface area contributed by atoms with Gasteiger partial charge in [0, 0.05) is 7.05 Å². The van der Waals surface area contributed by atoms with Crippen molar-refractivity contribution in [1.82, 2.24) is 4.31 Å². The number of allylic oxidation sites excluding steroid dienone is 1. The van der Waals surface area contributed by atoms with Gasteiger partial charge in [-0.25, -0.2) is 12.7 Å². The monoisotopic (exact) mass is 225 g/mol. The number of fused-ring (bicyclic) bond motifs is 1. The van der Waals surface area contributed by atoms with Gasteiger partial charge in [-0.2, -0.15) is 0 Å². The van der Waals surface area contributed by atoms with Gasteiger partial charge in [-0.05, 0) is 25.3 Å². The zero-order chi connectivity index (χ0) is 11.2. The highest BCUT2D eigenvalue weighted by molar-refractivity contribution is 7.94. The van der Waals surface area contributed by atoms with E-state index >= 15 is 0 Å². The minimum absolute atomic E-state index is 0.0324. The number of nitrogens with zero attached hydrogens (tertiary/aromatic N) is 1. The standard InChI is InChI=1S/C10H11NO3S/c1-7-4-3-5-8-9(6-7)15(13,14)11(2)10(8)12/h5H,3-4H2,1-2H3. The Bertz CT molecular complexity index is 533. The predicted molar refractivity (Wildman–Crippen MR) is 55.2 cm³/mol. The summed E-state index contributed by atoms with van der Waals surface area (Å²) >= 11 is 0. The van der Waals surface area contributed by atoms with Crippen LogP contribution in [-0.2, 0) is 14.8 Å². The molecule has 0 atom stereocenters. The van der Waals surface area contributed by atoms with Crippen molar-refractivity contribution >= 4 is 15.9 Å². The fourth-order valence-electron chi connectivity index (χ4n) is 1.65. The van der Waals surface area contributed by atoms with E-state index in [9.17, 15) is 13.2 Å². The van der Waals surface area contributed by atoms with Crippen molar-refractivity contribution in [2.75, 3.05) is 7.05 Å². The molecule has 2 rings (SSSR count). The lowest BCUT2D eigenvalue weighted by atomic mass is 10.2. The first-order valence-electron chi connectivity index (χ1n) is 4.65. The molecular weight excluding hydrogens is 214 g/mol. The molecule has 1 fully saturated rings. The largest absolute Gasteiger partial charge is 0.274 e. The van der Waals surface area contributed by atoms with E-state index in [4.69, 9.17) is 0 Å². The molecule has 0 bridgehead atoms. The molecule has 0 radical (unpaired) electrons. The summed E-state index contributed by atoms with van der Waals surface area (Å²) in [5, 5.41) is 0. The maximum absolute atomic E-state index is 11.8. The number of rotatable bonds is 0. The van der Waals surface area contributed by atoms with Crippen molar-refractivity contribution in [2.24, 2.45) is 0 Å². The van der Waals surface area contributed by atoms with E-state index in [0.717, 1.165) is 16.3 Å². The Hall–Kier alpha value is -1.32. The van der Waals surface area contributed by atoms with Gasteiger partial charge < -0.3 is 0 Å². The maximum Gasteiger partial charge on any atom is 0.274 e. The van der Waals surface area contributed by atoms with E-state index in [-0.39, 0.29) is 10.5 Å². The number of hydrogen-bond acceptors (Lipinski definition) is 3. The Balaban J connectivity index is 2.80. The van der Waals surface area contributed by atoms with E-state index in [1.165, 1.54) is 7.05 Å². The summed E-state index contributed by atoms with van der Waals surface area (Å²) in [6.07, 6.45) is 3.12. The second kappa shape index (κ2) is 3.08. The molecule has 2 aliphatic rings. The quantitative estimate of drug-likeness (QED) is 0.576. The van der Waals surface area contributed by atoms with Crippen LogP contribution in [-0.4, -0.2) is 25.7 Å². The van der Waals surface area contributed by atoms with Crippen molar-refractivity contribution in [3.8, 4) is 0 Å². The molecule has 1 heterocycles. The van der Waals surface area contributed by atoms with Crippen LogP contribution in [0.1, 0.15) is 19.8 Å². The van der Waals surface area contributed by atoms with Gasteiger partial charge in [0.1, 0.15) is 4.91 Å². The molecule has 0 saturated carbocycles. The lowest BCUT2D eigenvalue weighted by molar-refractivity contribution is -0.120. The highest BCUT2D eigenvalue weighted by Crippen LogP contribution is 2.32. The van der Waals surface area contributed by atoms with Gasteiger partial charge in [-0.3, -0.25) is 4.79 Å². The highest BCUT2D eigenvalue weighted by Gasteiger charge is 2.42. The molecule has 0 N–H and O–H groups in total. The number of amides is 1. The number of sulfonamides is 1. The Morgan fingerprint density at radius 3 is 2.80 bits per heavy atom. The first-order valence-corrected chi connectivity index (χ1v) is 6.09. The molecule has 0 aromatic heterocycles. The average Bonchev–Trinajstić information content (AvgIpc) is 2.36. The smallest absolute Gasteiger partial charge is 0.268 e. The summed E-state index contributed by atoms with van der Waals surface area (Å²) < 4.78 is 24.4. The van der Waals surface area contributed by atoms with Gasteiger partial charge in [-0.1, -0.05) is 11.8 Å². The Morgan fingerprint density at radius 1 is 1.47 bits per heavy atom. The van der Waals surface area contributed by atoms with E-state index in [1.807, 2.05) is 6.92 Å². The number of carbonyl (C=O) groups is 1. The van der Waals surface area contributed by atoms with Crippen LogP contribution in [0, 0.1) is 0 Å². The Kier molecular flexibility index (Phi) is 2.10. The predicted octanol–water partition coefficient (Wildman–Crippen LogP) is 0.938. The molecule has 80 valence electrons. The van der Waals surface area contributed by atoms with Gasteiger partial charge in [0.2, 0.25) is 0 Å². The van der Waals surface area contributed by atoms with E-state index in [0.29, 0.717) is 6.42 Å². The summed E-state index contributed by atoms with van der Waals surface area (Å²) in [5.41, 5.74) is 3.94. The van der Waals surface area contributed by atoms with Crippen LogP contribution in [0.25, 0.3) is 0 Å². The van der Waals surface area contributed by atoms with Gasteiger partial charge in [-0.15, -0.1) is 0 Å². The highest BCUT2D eigenvalue weighted by atomic mass is 32.2. The summed E-state index contributed by atoms with van der Waals surface area (Å²) in [6, 6.07) is 0. The first kappa shape index (κ1) is 10.2. The topological polar surface area (TPSA) is 54.5 Å². The minimum Gasteiger partial charge on any atom is -0.268 e. The third-order valence-corrected chi connectivity index (χ3v) is 4.30. The van der Waals surface area contributed by atoms with Crippen LogP contribution in [0.3, 0.4) is 0 Å². The van der Waals surface area contributed by atoms with Crippen molar-refractivity contribution in [1.29, 1.82) is 0 Å². The maximum atomic E-state index is 11.8. The van der Waals surface area contributed by atoms with Gasteiger partial charge in [0.25, 0.3) is 15.9 Å². The molecule has 0 spiro atoms. The molecule has 0 unspecified atom stereocenters. The lowest BCUT2D eigenvalue weighted by Crippen LogP contribution is -2.24. The third kappa shape index (κ3) is 1.35. The Labute approximate surface area is 88.6 Å². The van der Waals surface area contributed by atoms with Crippen molar-refractivity contribution in [3.63, 3.8) is 0 Å². The van der Waals surface area contributed by atoms with Gasteiger partial charge >= 0.3 is 0 Å². The molecular formula is C10H11NO3S. The molecule has 1 saturated heterocycles. The van der Waals surface area contributed by atoms with Crippen LogP contribution in [0.2, 0.25) is 0 Å². The molecule has 0 aromatic rings. The molecule has 4 nitrogen and oxygen atoms in total. The van der Waals surface area contributed by atoms with Crippen LogP contribution >= 0.6 is 0 Å². The van der Waals surface area contributed by atoms with Crippen LogP contribution in [0.15, 0.2) is 27.9 Å². The van der Waals surface area contributed by atoms with Crippen LogP contribution in [0.4, 0.5) is 0 Å². The summed E-state index contributed by atoms with van der Waals surface area (Å²) in [6.45, 7) is 1.82. The van der Waals surface area contributed by atoms with Crippen molar-refractivity contribution < 1.29 is 13.2 Å². The van der Waals surface area contributed by atoms with Crippen molar-refractivity contribution in [3.05, 3.63) is 27.9 Å². The fourth-order valence-corrected chi connectivity index (χ4v) is 3.00. The minimum atomic E-state index is -3.63. The van der Waals surface area contributed by atoms with Gasteiger partial charge in [0.05, 0.1) is 5.57 Å². The summed E-state index contributed by atoms with van der Waals surface area (Å²) in [5.74, 6) is -0.452. The lowest BCUT2D eigenvalue weighted by Gasteiger charge is -2.04. The summed E-state index contributed by atoms with van der Waals surface area (Å²) in [4.78, 5) is 11.7. The molecule has 5 heteroatoms. The zero-order valence-electron chi connectivity index (χ0n) is 8.57. The third-order valence-electron chi connectivity index (χ3n) is 2.57.